The zero-order chi connectivity index (χ0) is 16.8. The van der Waals surface area contributed by atoms with Crippen molar-refractivity contribution in [1.82, 2.24) is 24.1 Å². The van der Waals surface area contributed by atoms with Crippen molar-refractivity contribution >= 4 is 16.7 Å². The van der Waals surface area contributed by atoms with E-state index in [9.17, 15) is 9.90 Å². The summed E-state index contributed by atoms with van der Waals surface area (Å²) in [4.78, 5) is 14.9. The van der Waals surface area contributed by atoms with Gasteiger partial charge >= 0.3 is 0 Å². The van der Waals surface area contributed by atoms with Gasteiger partial charge in [0.05, 0.1) is 17.4 Å². The summed E-state index contributed by atoms with van der Waals surface area (Å²) >= 11 is 0. The predicted molar refractivity (Wildman–Crippen MR) is 90.9 cm³/mol. The van der Waals surface area contributed by atoms with Crippen molar-refractivity contribution in [3.8, 4) is 0 Å². The van der Waals surface area contributed by atoms with E-state index < -0.39 is 0 Å². The molecule has 1 N–H and O–H groups in total. The Kier molecular flexibility index (Phi) is 3.62. The van der Waals surface area contributed by atoms with E-state index >= 15 is 0 Å². The molecule has 24 heavy (non-hydrogen) atoms. The maximum Gasteiger partial charge on any atom is 0.262 e. The Balaban J connectivity index is 1.86. The number of benzene rings is 1. The van der Waals surface area contributed by atoms with E-state index in [1.54, 1.807) is 11.6 Å². The Morgan fingerprint density at radius 2 is 2.17 bits per heavy atom. The molecule has 1 atom stereocenters. The van der Waals surface area contributed by atoms with Gasteiger partial charge in [0.2, 0.25) is 5.78 Å². The number of hydrogen-bond acceptors (Lipinski definition) is 5. The van der Waals surface area contributed by atoms with Gasteiger partial charge in [-0.05, 0) is 37.9 Å². The minimum absolute atomic E-state index is 0.0540. The van der Waals surface area contributed by atoms with Crippen LogP contribution in [0.1, 0.15) is 17.8 Å². The van der Waals surface area contributed by atoms with Crippen LogP contribution in [-0.4, -0.2) is 48.9 Å². The first-order chi connectivity index (χ1) is 11.6. The third-order valence-electron chi connectivity index (χ3n) is 4.93. The van der Waals surface area contributed by atoms with Crippen LogP contribution in [-0.2, 0) is 13.6 Å². The van der Waals surface area contributed by atoms with Gasteiger partial charge in [0.1, 0.15) is 0 Å². The van der Waals surface area contributed by atoms with Crippen LogP contribution in [0.25, 0.3) is 16.7 Å². The highest BCUT2D eigenvalue weighted by Gasteiger charge is 2.24. The third kappa shape index (κ3) is 2.32. The van der Waals surface area contributed by atoms with E-state index in [0.29, 0.717) is 23.6 Å². The number of hydrogen-bond donors (Lipinski definition) is 1. The van der Waals surface area contributed by atoms with Gasteiger partial charge in [-0.2, -0.15) is 0 Å². The van der Waals surface area contributed by atoms with Crippen LogP contribution in [0.15, 0.2) is 23.0 Å². The Labute approximate surface area is 139 Å². The summed E-state index contributed by atoms with van der Waals surface area (Å²) in [7, 11) is 1.73. The highest BCUT2D eigenvalue weighted by molar-refractivity contribution is 5.81. The molecule has 0 saturated carbocycles. The fourth-order valence-electron chi connectivity index (χ4n) is 3.57. The maximum atomic E-state index is 12.6. The van der Waals surface area contributed by atoms with E-state index in [1.807, 2.05) is 29.5 Å². The number of aromatic nitrogens is 4. The van der Waals surface area contributed by atoms with Crippen molar-refractivity contribution < 1.29 is 5.11 Å². The molecule has 0 amide bonds. The van der Waals surface area contributed by atoms with Crippen molar-refractivity contribution in [2.75, 3.05) is 19.7 Å². The number of aliphatic hydroxyl groups is 1. The fraction of sp³-hybridized carbons (Fsp3) is 0.471. The lowest BCUT2D eigenvalue weighted by atomic mass is 10.1. The van der Waals surface area contributed by atoms with Crippen molar-refractivity contribution in [2.24, 2.45) is 13.0 Å². The summed E-state index contributed by atoms with van der Waals surface area (Å²) in [6.07, 6.45) is 1.01. The van der Waals surface area contributed by atoms with Gasteiger partial charge < -0.3 is 5.11 Å². The molecular weight excluding hydrogens is 306 g/mol. The summed E-state index contributed by atoms with van der Waals surface area (Å²) in [5, 5.41) is 18.6. The summed E-state index contributed by atoms with van der Waals surface area (Å²) in [5.74, 6) is 1.73. The second-order valence-corrected chi connectivity index (χ2v) is 6.71. The molecule has 3 aromatic rings. The standard InChI is InChI=1S/C17H21N5O2/c1-11-3-4-14-13(7-11)16(24)20(2)17-19-18-15(22(14)17)9-21-6-5-12(8-21)10-23/h3-4,7,12,23H,5-6,8-10H2,1-2H3. The lowest BCUT2D eigenvalue weighted by Gasteiger charge is -2.15. The van der Waals surface area contributed by atoms with Crippen molar-refractivity contribution in [3.05, 3.63) is 39.9 Å². The van der Waals surface area contributed by atoms with Crippen LogP contribution in [0, 0.1) is 12.8 Å². The largest absolute Gasteiger partial charge is 0.396 e. The SMILES string of the molecule is Cc1ccc2c(c1)c(=O)n(C)c1nnc(CN3CCC(CO)C3)n21. The molecule has 1 aromatic carbocycles. The molecule has 1 aliphatic heterocycles. The number of likely N-dealkylation sites (tertiary alicyclic amines) is 1. The van der Waals surface area contributed by atoms with Crippen LogP contribution in [0.4, 0.5) is 0 Å². The number of aliphatic hydroxyl groups excluding tert-OH is 1. The first kappa shape index (κ1) is 15.3. The van der Waals surface area contributed by atoms with E-state index in [-0.39, 0.29) is 12.2 Å². The quantitative estimate of drug-likeness (QED) is 0.766. The Bertz CT molecular complexity index is 974. The fourth-order valence-corrected chi connectivity index (χ4v) is 3.57. The molecule has 0 bridgehead atoms. The third-order valence-corrected chi connectivity index (χ3v) is 4.93. The minimum Gasteiger partial charge on any atom is -0.396 e. The molecule has 2 aromatic heterocycles. The average molecular weight is 327 g/mol. The minimum atomic E-state index is -0.0540. The first-order valence-electron chi connectivity index (χ1n) is 8.25. The van der Waals surface area contributed by atoms with Gasteiger partial charge in [-0.25, -0.2) is 0 Å². The molecule has 3 heterocycles. The Morgan fingerprint density at radius 3 is 2.92 bits per heavy atom. The number of aryl methyl sites for hydroxylation is 2. The topological polar surface area (TPSA) is 75.7 Å². The summed E-state index contributed by atoms with van der Waals surface area (Å²) < 4.78 is 3.53. The van der Waals surface area contributed by atoms with E-state index in [1.165, 1.54) is 0 Å². The average Bonchev–Trinajstić information content (AvgIpc) is 3.20. The van der Waals surface area contributed by atoms with Gasteiger partial charge in [0.25, 0.3) is 5.56 Å². The van der Waals surface area contributed by atoms with Crippen LogP contribution in [0.3, 0.4) is 0 Å². The summed E-state index contributed by atoms with van der Waals surface area (Å²) in [6, 6.07) is 5.88. The Hall–Kier alpha value is -2.25. The summed E-state index contributed by atoms with van der Waals surface area (Å²) in [6.45, 7) is 4.69. The van der Waals surface area contributed by atoms with Crippen molar-refractivity contribution in [2.45, 2.75) is 19.9 Å². The van der Waals surface area contributed by atoms with Gasteiger partial charge in [0, 0.05) is 20.2 Å². The van der Waals surface area contributed by atoms with Crippen molar-refractivity contribution in [1.29, 1.82) is 0 Å². The molecule has 0 radical (unpaired) electrons. The van der Waals surface area contributed by atoms with Gasteiger partial charge in [0.15, 0.2) is 5.82 Å². The van der Waals surface area contributed by atoms with Crippen LogP contribution >= 0.6 is 0 Å². The molecule has 0 spiro atoms. The van der Waals surface area contributed by atoms with E-state index in [4.69, 9.17) is 0 Å². The molecule has 7 heteroatoms. The van der Waals surface area contributed by atoms with Gasteiger partial charge in [-0.1, -0.05) is 11.6 Å². The molecule has 0 aliphatic carbocycles. The zero-order valence-electron chi connectivity index (χ0n) is 13.9. The molecular formula is C17H21N5O2. The number of rotatable bonds is 3. The second kappa shape index (κ2) is 5.68. The van der Waals surface area contributed by atoms with Crippen LogP contribution < -0.4 is 5.56 Å². The number of nitrogens with zero attached hydrogens (tertiary/aromatic N) is 5. The Morgan fingerprint density at radius 1 is 1.33 bits per heavy atom. The lowest BCUT2D eigenvalue weighted by Crippen LogP contribution is -2.24. The molecule has 1 unspecified atom stereocenters. The number of fused-ring (bicyclic) bond motifs is 3. The van der Waals surface area contributed by atoms with Crippen molar-refractivity contribution in [3.63, 3.8) is 0 Å². The smallest absolute Gasteiger partial charge is 0.262 e. The first-order valence-corrected chi connectivity index (χ1v) is 8.25. The van der Waals surface area contributed by atoms with Gasteiger partial charge in [-0.3, -0.25) is 18.7 Å². The highest BCUT2D eigenvalue weighted by atomic mass is 16.3. The molecule has 7 nitrogen and oxygen atoms in total. The van der Waals surface area contributed by atoms with E-state index in [0.717, 1.165) is 36.4 Å². The highest BCUT2D eigenvalue weighted by Crippen LogP contribution is 2.20. The monoisotopic (exact) mass is 327 g/mol. The van der Waals surface area contributed by atoms with Crippen LogP contribution in [0.5, 0.6) is 0 Å². The van der Waals surface area contributed by atoms with Crippen LogP contribution in [0.2, 0.25) is 0 Å². The zero-order valence-corrected chi connectivity index (χ0v) is 13.9. The molecule has 1 aliphatic rings. The van der Waals surface area contributed by atoms with E-state index in [2.05, 4.69) is 15.1 Å². The predicted octanol–water partition coefficient (Wildman–Crippen LogP) is 0.704. The summed E-state index contributed by atoms with van der Waals surface area (Å²) in [5.41, 5.74) is 1.84. The normalized spacial score (nSPS) is 18.9. The molecule has 1 saturated heterocycles. The molecule has 126 valence electrons. The van der Waals surface area contributed by atoms with Gasteiger partial charge in [-0.15, -0.1) is 10.2 Å². The molecule has 1 fully saturated rings. The molecule has 4 rings (SSSR count). The maximum absolute atomic E-state index is 12.6. The lowest BCUT2D eigenvalue weighted by molar-refractivity contribution is 0.219. The second-order valence-electron chi connectivity index (χ2n) is 6.71.